The summed E-state index contributed by atoms with van der Waals surface area (Å²) in [6.45, 7) is -0.0161. The summed E-state index contributed by atoms with van der Waals surface area (Å²) >= 11 is 3.28. The Kier molecular flexibility index (Phi) is 4.57. The van der Waals surface area contributed by atoms with Crippen molar-refractivity contribution in [1.29, 1.82) is 0 Å². The van der Waals surface area contributed by atoms with Crippen molar-refractivity contribution in [3.63, 3.8) is 0 Å². The number of hydrogen-bond acceptors (Lipinski definition) is 4. The highest BCUT2D eigenvalue weighted by Crippen LogP contribution is 2.34. The van der Waals surface area contributed by atoms with Crippen LogP contribution in [-0.4, -0.2) is 27.9 Å². The molecule has 16 heavy (non-hydrogen) atoms. The quantitative estimate of drug-likeness (QED) is 0.884. The van der Waals surface area contributed by atoms with Gasteiger partial charge < -0.3 is 9.47 Å². The first-order chi connectivity index (χ1) is 7.44. The van der Waals surface area contributed by atoms with Crippen molar-refractivity contribution < 1.29 is 17.9 Å². The maximum atomic E-state index is 10.7. The van der Waals surface area contributed by atoms with E-state index >= 15 is 0 Å². The van der Waals surface area contributed by atoms with Crippen molar-refractivity contribution in [2.75, 3.05) is 19.5 Å². The van der Waals surface area contributed by atoms with Gasteiger partial charge in [0.15, 0.2) is 11.5 Å². The molecule has 0 atom stereocenters. The average molecular weight is 310 g/mol. The second kappa shape index (κ2) is 5.51. The van der Waals surface area contributed by atoms with E-state index in [1.165, 1.54) is 7.11 Å². The topological polar surface area (TPSA) is 78.6 Å². The zero-order valence-electron chi connectivity index (χ0n) is 8.64. The number of primary sulfonamides is 1. The van der Waals surface area contributed by atoms with Crippen LogP contribution < -0.4 is 14.6 Å². The van der Waals surface area contributed by atoms with E-state index in [1.54, 1.807) is 18.2 Å². The van der Waals surface area contributed by atoms with Crippen LogP contribution in [0.1, 0.15) is 0 Å². The lowest BCUT2D eigenvalue weighted by molar-refractivity contribution is 0.309. The first-order valence-corrected chi connectivity index (χ1v) is 6.90. The third-order valence-corrected chi connectivity index (χ3v) is 3.13. The van der Waals surface area contributed by atoms with E-state index in [-0.39, 0.29) is 12.4 Å². The first-order valence-electron chi connectivity index (χ1n) is 4.40. The third kappa shape index (κ3) is 3.99. The van der Waals surface area contributed by atoms with Crippen molar-refractivity contribution in [3.05, 3.63) is 22.7 Å². The molecule has 0 aliphatic heterocycles. The molecule has 0 saturated carbocycles. The van der Waals surface area contributed by atoms with Crippen LogP contribution in [0.15, 0.2) is 22.7 Å². The van der Waals surface area contributed by atoms with Crippen molar-refractivity contribution in [2.45, 2.75) is 0 Å². The van der Waals surface area contributed by atoms with Crippen LogP contribution in [0.25, 0.3) is 0 Å². The molecule has 0 heterocycles. The molecule has 0 saturated heterocycles. The molecule has 5 nitrogen and oxygen atoms in total. The van der Waals surface area contributed by atoms with Gasteiger partial charge in [-0.05, 0) is 28.1 Å². The van der Waals surface area contributed by atoms with Gasteiger partial charge >= 0.3 is 0 Å². The summed E-state index contributed by atoms with van der Waals surface area (Å²) in [6.07, 6.45) is 0. The number of halogens is 1. The molecular formula is C9H12BrNO4S. The molecule has 7 heteroatoms. The number of rotatable bonds is 5. The van der Waals surface area contributed by atoms with Crippen LogP contribution in [0.4, 0.5) is 0 Å². The highest BCUT2D eigenvalue weighted by molar-refractivity contribution is 9.10. The third-order valence-electron chi connectivity index (χ3n) is 1.77. The Hall–Kier alpha value is -0.790. The molecule has 0 bridgehead atoms. The Balaban J connectivity index is 2.73. The standard InChI is InChI=1S/C9H12BrNO4S/c1-14-8-4-2-3-7(10)9(8)15-5-6-16(11,12)13/h2-4H,5-6H2,1H3,(H2,11,12,13). The van der Waals surface area contributed by atoms with E-state index in [9.17, 15) is 8.42 Å². The van der Waals surface area contributed by atoms with Gasteiger partial charge in [-0.25, -0.2) is 13.6 Å². The summed E-state index contributed by atoms with van der Waals surface area (Å²) in [5.41, 5.74) is 0. The lowest BCUT2D eigenvalue weighted by Crippen LogP contribution is -2.21. The minimum absolute atomic E-state index is 0.0161. The Bertz CT molecular complexity index is 461. The number of nitrogens with two attached hydrogens (primary N) is 1. The Labute approximate surface area is 103 Å². The van der Waals surface area contributed by atoms with Gasteiger partial charge in [0.25, 0.3) is 0 Å². The average Bonchev–Trinajstić information content (AvgIpc) is 2.18. The SMILES string of the molecule is COc1cccc(Br)c1OCCS(N)(=O)=O. The number of ether oxygens (including phenoxy) is 2. The highest BCUT2D eigenvalue weighted by Gasteiger charge is 2.10. The number of benzene rings is 1. The van der Waals surface area contributed by atoms with Crippen molar-refractivity contribution in [1.82, 2.24) is 0 Å². The second-order valence-corrected chi connectivity index (χ2v) is 5.57. The maximum Gasteiger partial charge on any atom is 0.212 e. The molecule has 1 aromatic rings. The van der Waals surface area contributed by atoms with Gasteiger partial charge in [0.2, 0.25) is 10.0 Å². The minimum Gasteiger partial charge on any atom is -0.493 e. The van der Waals surface area contributed by atoms with Crippen LogP contribution in [-0.2, 0) is 10.0 Å². The van der Waals surface area contributed by atoms with E-state index in [1.807, 2.05) is 0 Å². The summed E-state index contributed by atoms with van der Waals surface area (Å²) in [5.74, 6) is 0.759. The molecular weight excluding hydrogens is 298 g/mol. The molecule has 0 spiro atoms. The van der Waals surface area contributed by atoms with Crippen molar-refractivity contribution >= 4 is 26.0 Å². The fourth-order valence-electron chi connectivity index (χ4n) is 1.05. The zero-order chi connectivity index (χ0) is 12.2. The zero-order valence-corrected chi connectivity index (χ0v) is 11.0. The van der Waals surface area contributed by atoms with Crippen LogP contribution in [0, 0.1) is 0 Å². The Morgan fingerprint density at radius 3 is 2.69 bits per heavy atom. The normalized spacial score (nSPS) is 11.2. The highest BCUT2D eigenvalue weighted by atomic mass is 79.9. The summed E-state index contributed by atoms with van der Waals surface area (Å²) in [6, 6.07) is 5.28. The minimum atomic E-state index is -3.51. The molecule has 0 aliphatic rings. The van der Waals surface area contributed by atoms with Gasteiger partial charge in [0, 0.05) is 0 Å². The summed E-state index contributed by atoms with van der Waals surface area (Å²) < 4.78 is 32.5. The second-order valence-electron chi connectivity index (χ2n) is 2.99. The molecule has 0 fully saturated rings. The van der Waals surface area contributed by atoms with Crippen LogP contribution in [0.5, 0.6) is 11.5 Å². The molecule has 0 aliphatic carbocycles. The summed E-state index contributed by atoms with van der Waals surface area (Å²) in [5, 5.41) is 4.86. The van der Waals surface area contributed by atoms with Gasteiger partial charge in [-0.1, -0.05) is 6.07 Å². The fourth-order valence-corrected chi connectivity index (χ4v) is 1.83. The lowest BCUT2D eigenvalue weighted by atomic mass is 10.3. The number of para-hydroxylation sites is 1. The Morgan fingerprint density at radius 1 is 1.44 bits per heavy atom. The summed E-state index contributed by atoms with van der Waals surface area (Å²) in [4.78, 5) is 0. The van der Waals surface area contributed by atoms with E-state index in [4.69, 9.17) is 14.6 Å². The van der Waals surface area contributed by atoms with E-state index in [0.29, 0.717) is 16.0 Å². The van der Waals surface area contributed by atoms with Crippen molar-refractivity contribution in [3.8, 4) is 11.5 Å². The maximum absolute atomic E-state index is 10.7. The van der Waals surface area contributed by atoms with Gasteiger partial charge in [-0.2, -0.15) is 0 Å². The molecule has 0 amide bonds. The van der Waals surface area contributed by atoms with E-state index < -0.39 is 10.0 Å². The lowest BCUT2D eigenvalue weighted by Gasteiger charge is -2.11. The molecule has 1 rings (SSSR count). The number of sulfonamides is 1. The predicted octanol–water partition coefficient (Wildman–Crippen LogP) is 1.12. The molecule has 0 unspecified atom stereocenters. The van der Waals surface area contributed by atoms with E-state index in [2.05, 4.69) is 15.9 Å². The van der Waals surface area contributed by atoms with Gasteiger partial charge in [-0.3, -0.25) is 0 Å². The molecule has 1 aromatic carbocycles. The van der Waals surface area contributed by atoms with Crippen LogP contribution >= 0.6 is 15.9 Å². The summed E-state index contributed by atoms with van der Waals surface area (Å²) in [7, 11) is -2.00. The molecule has 0 radical (unpaired) electrons. The van der Waals surface area contributed by atoms with Crippen LogP contribution in [0.3, 0.4) is 0 Å². The van der Waals surface area contributed by atoms with Gasteiger partial charge in [-0.15, -0.1) is 0 Å². The monoisotopic (exact) mass is 309 g/mol. The van der Waals surface area contributed by atoms with E-state index in [0.717, 1.165) is 0 Å². The van der Waals surface area contributed by atoms with Gasteiger partial charge in [0.05, 0.1) is 17.3 Å². The van der Waals surface area contributed by atoms with Crippen LogP contribution in [0.2, 0.25) is 0 Å². The van der Waals surface area contributed by atoms with Crippen molar-refractivity contribution in [2.24, 2.45) is 5.14 Å². The predicted molar refractivity (Wildman–Crippen MR) is 64.2 cm³/mol. The number of methoxy groups -OCH3 is 1. The number of hydrogen-bond donors (Lipinski definition) is 1. The molecule has 2 N–H and O–H groups in total. The largest absolute Gasteiger partial charge is 0.493 e. The van der Waals surface area contributed by atoms with Gasteiger partial charge in [0.1, 0.15) is 6.61 Å². The fraction of sp³-hybridized carbons (Fsp3) is 0.333. The Morgan fingerprint density at radius 2 is 2.12 bits per heavy atom. The molecule has 0 aromatic heterocycles. The first kappa shape index (κ1) is 13.3. The smallest absolute Gasteiger partial charge is 0.212 e. The molecule has 90 valence electrons.